The summed E-state index contributed by atoms with van der Waals surface area (Å²) in [5.74, 6) is 0.849. The molecule has 5 unspecified atom stereocenters. The van der Waals surface area contributed by atoms with Crippen molar-refractivity contribution < 1.29 is 29.9 Å². The van der Waals surface area contributed by atoms with Crippen molar-refractivity contribution in [1.29, 1.82) is 0 Å². The molecule has 0 amide bonds. The van der Waals surface area contributed by atoms with Gasteiger partial charge in [-0.3, -0.25) is 0 Å². The summed E-state index contributed by atoms with van der Waals surface area (Å²) in [7, 11) is 0. The fraction of sp³-hybridized carbons (Fsp3) is 0.520. The maximum Gasteiger partial charge on any atom is 0.119 e. The number of ether oxygens (including phenoxy) is 2. The first-order chi connectivity index (χ1) is 14.9. The van der Waals surface area contributed by atoms with Crippen molar-refractivity contribution in [2.45, 2.75) is 70.1 Å². The lowest BCUT2D eigenvalue weighted by Gasteiger charge is -2.41. The summed E-state index contributed by atoms with van der Waals surface area (Å²) in [6.07, 6.45) is -1.88. The van der Waals surface area contributed by atoms with E-state index in [4.69, 9.17) is 9.47 Å². The van der Waals surface area contributed by atoms with Crippen LogP contribution in [0.1, 0.15) is 52.8 Å². The van der Waals surface area contributed by atoms with E-state index in [0.29, 0.717) is 6.61 Å². The van der Waals surface area contributed by atoms with Crippen molar-refractivity contribution in [3.05, 3.63) is 63.7 Å². The molecule has 6 nitrogen and oxygen atoms in total. The highest BCUT2D eigenvalue weighted by molar-refractivity contribution is 5.50. The first-order valence-corrected chi connectivity index (χ1v) is 11.1. The zero-order valence-electron chi connectivity index (χ0n) is 18.1. The third-order valence-corrected chi connectivity index (χ3v) is 6.65. The van der Waals surface area contributed by atoms with Crippen molar-refractivity contribution in [2.24, 2.45) is 0 Å². The summed E-state index contributed by atoms with van der Waals surface area (Å²) in [5.41, 5.74) is 6.89. The molecule has 2 aromatic carbocycles. The van der Waals surface area contributed by atoms with Crippen LogP contribution in [0.2, 0.25) is 0 Å². The first-order valence-electron chi connectivity index (χ1n) is 11.1. The maximum absolute atomic E-state index is 10.7. The second-order valence-corrected chi connectivity index (χ2v) is 8.56. The predicted molar refractivity (Wildman–Crippen MR) is 116 cm³/mol. The van der Waals surface area contributed by atoms with E-state index in [9.17, 15) is 20.4 Å². The van der Waals surface area contributed by atoms with E-state index in [1.165, 1.54) is 22.3 Å². The highest BCUT2D eigenvalue weighted by Gasteiger charge is 2.44. The van der Waals surface area contributed by atoms with E-state index in [-0.39, 0.29) is 0 Å². The highest BCUT2D eigenvalue weighted by Crippen LogP contribution is 2.39. The fourth-order valence-corrected chi connectivity index (χ4v) is 4.97. The minimum absolute atomic E-state index is 0.426. The van der Waals surface area contributed by atoms with Gasteiger partial charge in [-0.1, -0.05) is 18.2 Å². The zero-order chi connectivity index (χ0) is 22.1. The average Bonchev–Trinajstić information content (AvgIpc) is 3.27. The number of aliphatic hydroxyl groups is 4. The normalized spacial score (nSPS) is 27.9. The maximum atomic E-state index is 10.7. The molecule has 0 radical (unpaired) electrons. The van der Waals surface area contributed by atoms with E-state index < -0.39 is 37.1 Å². The quantitative estimate of drug-likeness (QED) is 0.562. The third kappa shape index (κ3) is 4.23. The molecule has 1 aliphatic carbocycles. The number of hydrogen-bond acceptors (Lipinski definition) is 6. The minimum Gasteiger partial charge on any atom is -0.494 e. The standard InChI is InChI=1S/C25H32O6/c1-3-30-17-9-7-15(8-10-17)11-16-12-20(14(2)18-5-4-6-19(16)18)25-24(29)23(28)22(27)21(13-26)31-25/h7-10,12,21-29H,3-6,11,13H2,1-2H3. The molecule has 2 aliphatic rings. The molecule has 1 aliphatic heterocycles. The molecular weight excluding hydrogens is 396 g/mol. The van der Waals surface area contributed by atoms with Gasteiger partial charge in [0.05, 0.1) is 13.2 Å². The van der Waals surface area contributed by atoms with Gasteiger partial charge in [0.2, 0.25) is 0 Å². The fourth-order valence-electron chi connectivity index (χ4n) is 4.97. The number of benzene rings is 2. The average molecular weight is 429 g/mol. The van der Waals surface area contributed by atoms with Gasteiger partial charge >= 0.3 is 0 Å². The van der Waals surface area contributed by atoms with Crippen LogP contribution in [0.25, 0.3) is 0 Å². The molecule has 6 heteroatoms. The van der Waals surface area contributed by atoms with Gasteiger partial charge < -0.3 is 29.9 Å². The second kappa shape index (κ2) is 9.27. The lowest BCUT2D eigenvalue weighted by Crippen LogP contribution is -2.55. The molecule has 1 fully saturated rings. The number of hydrogen-bond donors (Lipinski definition) is 4. The molecular formula is C25H32O6. The van der Waals surface area contributed by atoms with E-state index in [0.717, 1.165) is 42.6 Å². The Hall–Kier alpha value is -1.96. The van der Waals surface area contributed by atoms with Gasteiger partial charge in [0, 0.05) is 0 Å². The molecule has 0 aromatic heterocycles. The number of fused-ring (bicyclic) bond motifs is 1. The van der Waals surface area contributed by atoms with E-state index in [1.807, 2.05) is 26.0 Å². The van der Waals surface area contributed by atoms with Crippen molar-refractivity contribution in [2.75, 3.05) is 13.2 Å². The summed E-state index contributed by atoms with van der Waals surface area (Å²) < 4.78 is 11.4. The Morgan fingerprint density at radius 1 is 1.00 bits per heavy atom. The van der Waals surface area contributed by atoms with Crippen LogP contribution in [0.4, 0.5) is 0 Å². The van der Waals surface area contributed by atoms with Gasteiger partial charge in [-0.2, -0.15) is 0 Å². The van der Waals surface area contributed by atoms with Crippen molar-refractivity contribution in [1.82, 2.24) is 0 Å². The van der Waals surface area contributed by atoms with Crippen LogP contribution in [-0.4, -0.2) is 58.1 Å². The predicted octanol–water partition coefficient (Wildman–Crippen LogP) is 1.99. The van der Waals surface area contributed by atoms with Gasteiger partial charge in [0.15, 0.2) is 0 Å². The van der Waals surface area contributed by atoms with Crippen LogP contribution in [0.3, 0.4) is 0 Å². The van der Waals surface area contributed by atoms with Crippen LogP contribution in [-0.2, 0) is 24.0 Å². The molecule has 1 saturated heterocycles. The first kappa shape index (κ1) is 22.2. The van der Waals surface area contributed by atoms with E-state index in [2.05, 4.69) is 18.2 Å². The van der Waals surface area contributed by atoms with Gasteiger partial charge in [0.1, 0.15) is 36.3 Å². The van der Waals surface area contributed by atoms with Crippen LogP contribution in [0, 0.1) is 6.92 Å². The highest BCUT2D eigenvalue weighted by atomic mass is 16.5. The molecule has 0 spiro atoms. The van der Waals surface area contributed by atoms with Crippen LogP contribution >= 0.6 is 0 Å². The monoisotopic (exact) mass is 428 g/mol. The summed E-state index contributed by atoms with van der Waals surface area (Å²) >= 11 is 0. The summed E-state index contributed by atoms with van der Waals surface area (Å²) in [6, 6.07) is 10.2. The molecule has 168 valence electrons. The number of aliphatic hydroxyl groups excluding tert-OH is 4. The van der Waals surface area contributed by atoms with Crippen LogP contribution in [0.15, 0.2) is 30.3 Å². The second-order valence-electron chi connectivity index (χ2n) is 8.56. The molecule has 31 heavy (non-hydrogen) atoms. The smallest absolute Gasteiger partial charge is 0.119 e. The largest absolute Gasteiger partial charge is 0.494 e. The van der Waals surface area contributed by atoms with Crippen molar-refractivity contribution in [3.63, 3.8) is 0 Å². The van der Waals surface area contributed by atoms with Crippen molar-refractivity contribution in [3.8, 4) is 5.75 Å². The lowest BCUT2D eigenvalue weighted by atomic mass is 9.84. The number of rotatable bonds is 6. The molecule has 2 aromatic rings. The topological polar surface area (TPSA) is 99.4 Å². The Bertz CT molecular complexity index is 907. The van der Waals surface area contributed by atoms with Gasteiger partial charge in [0.25, 0.3) is 0 Å². The molecule has 0 saturated carbocycles. The Morgan fingerprint density at radius 2 is 1.71 bits per heavy atom. The van der Waals surface area contributed by atoms with E-state index >= 15 is 0 Å². The van der Waals surface area contributed by atoms with Gasteiger partial charge in [-0.15, -0.1) is 0 Å². The van der Waals surface area contributed by atoms with E-state index in [1.54, 1.807) is 0 Å². The van der Waals surface area contributed by atoms with Crippen molar-refractivity contribution >= 4 is 0 Å². The lowest BCUT2D eigenvalue weighted by molar-refractivity contribution is -0.231. The molecule has 0 bridgehead atoms. The van der Waals surface area contributed by atoms with Gasteiger partial charge in [-0.25, -0.2) is 0 Å². The Morgan fingerprint density at radius 3 is 2.39 bits per heavy atom. The zero-order valence-corrected chi connectivity index (χ0v) is 18.1. The molecule has 4 N–H and O–H groups in total. The summed E-state index contributed by atoms with van der Waals surface area (Å²) in [5, 5.41) is 40.7. The molecule has 1 heterocycles. The Labute approximate surface area is 183 Å². The minimum atomic E-state index is -1.38. The molecule has 4 rings (SSSR count). The Balaban J connectivity index is 1.69. The third-order valence-electron chi connectivity index (χ3n) is 6.65. The SMILES string of the molecule is CCOc1ccc(Cc2cc(C3OC(CO)C(O)C(O)C3O)c(C)c3c2CCC3)cc1. The Kier molecular flexibility index (Phi) is 6.65. The molecule has 5 atom stereocenters. The summed E-state index contributed by atoms with van der Waals surface area (Å²) in [4.78, 5) is 0. The summed E-state index contributed by atoms with van der Waals surface area (Å²) in [6.45, 7) is 4.20. The van der Waals surface area contributed by atoms with Gasteiger partial charge in [-0.05, 0) is 85.0 Å². The van der Waals surface area contributed by atoms with Crippen LogP contribution in [0.5, 0.6) is 5.75 Å². The van der Waals surface area contributed by atoms with Crippen LogP contribution < -0.4 is 4.74 Å².